The van der Waals surface area contributed by atoms with Gasteiger partial charge in [-0.2, -0.15) is 0 Å². The molecule has 0 aliphatic heterocycles. The van der Waals surface area contributed by atoms with E-state index < -0.39 is 0 Å². The highest BCUT2D eigenvalue weighted by Crippen LogP contribution is 2.38. The molecule has 0 aromatic carbocycles. The monoisotopic (exact) mass is 256 g/mol. The molecular formula is C15H32N2O. The fourth-order valence-corrected chi connectivity index (χ4v) is 3.07. The van der Waals surface area contributed by atoms with E-state index in [4.69, 9.17) is 5.73 Å². The molecule has 3 heteroatoms. The second-order valence-electron chi connectivity index (χ2n) is 6.24. The van der Waals surface area contributed by atoms with Gasteiger partial charge in [0.25, 0.3) is 0 Å². The molecule has 0 heterocycles. The van der Waals surface area contributed by atoms with Crippen molar-refractivity contribution in [3.8, 4) is 0 Å². The Hall–Kier alpha value is -0.120. The zero-order valence-corrected chi connectivity index (χ0v) is 12.3. The summed E-state index contributed by atoms with van der Waals surface area (Å²) in [7, 11) is 0. The van der Waals surface area contributed by atoms with Gasteiger partial charge in [-0.05, 0) is 43.7 Å². The van der Waals surface area contributed by atoms with Gasteiger partial charge in [0.1, 0.15) is 0 Å². The van der Waals surface area contributed by atoms with Gasteiger partial charge in [0, 0.05) is 13.1 Å². The fraction of sp³-hybridized carbons (Fsp3) is 1.00. The Kier molecular flexibility index (Phi) is 7.20. The molecule has 1 saturated carbocycles. The third kappa shape index (κ3) is 4.87. The molecule has 0 saturated heterocycles. The van der Waals surface area contributed by atoms with Crippen LogP contribution in [0.25, 0.3) is 0 Å². The van der Waals surface area contributed by atoms with E-state index >= 15 is 0 Å². The summed E-state index contributed by atoms with van der Waals surface area (Å²) in [6.45, 7) is 8.62. The summed E-state index contributed by atoms with van der Waals surface area (Å²) in [6, 6.07) is 0. The second kappa shape index (κ2) is 8.13. The Labute approximate surface area is 113 Å². The Balaban J connectivity index is 2.52. The first-order valence-electron chi connectivity index (χ1n) is 7.69. The van der Waals surface area contributed by atoms with Crippen molar-refractivity contribution in [2.75, 3.05) is 32.8 Å². The maximum Gasteiger partial charge on any atom is 0.0558 e. The number of aliphatic hydroxyl groups excluding tert-OH is 1. The van der Waals surface area contributed by atoms with Gasteiger partial charge in [0.15, 0.2) is 0 Å². The highest BCUT2D eigenvalue weighted by molar-refractivity contribution is 4.88. The largest absolute Gasteiger partial charge is 0.395 e. The van der Waals surface area contributed by atoms with E-state index in [2.05, 4.69) is 18.7 Å². The Morgan fingerprint density at radius 3 is 2.44 bits per heavy atom. The first kappa shape index (κ1) is 15.9. The predicted molar refractivity (Wildman–Crippen MR) is 77.6 cm³/mol. The maximum absolute atomic E-state index is 9.19. The third-order valence-electron chi connectivity index (χ3n) is 4.57. The zero-order valence-electron chi connectivity index (χ0n) is 12.3. The molecule has 1 aliphatic rings. The summed E-state index contributed by atoms with van der Waals surface area (Å²) in [5.41, 5.74) is 6.38. The first-order chi connectivity index (χ1) is 8.65. The van der Waals surface area contributed by atoms with Gasteiger partial charge in [0.2, 0.25) is 0 Å². The molecule has 1 aliphatic carbocycles. The average molecular weight is 256 g/mol. The molecule has 3 N–H and O–H groups in total. The number of hydrogen-bond acceptors (Lipinski definition) is 3. The van der Waals surface area contributed by atoms with Gasteiger partial charge >= 0.3 is 0 Å². The lowest BCUT2D eigenvalue weighted by Gasteiger charge is -2.42. The van der Waals surface area contributed by atoms with Crippen LogP contribution in [0.2, 0.25) is 0 Å². The number of aliphatic hydroxyl groups is 1. The van der Waals surface area contributed by atoms with Crippen molar-refractivity contribution in [2.24, 2.45) is 17.1 Å². The van der Waals surface area contributed by atoms with Gasteiger partial charge in [-0.15, -0.1) is 0 Å². The molecule has 1 rings (SSSR count). The van der Waals surface area contributed by atoms with Crippen LogP contribution in [0, 0.1) is 11.3 Å². The predicted octanol–water partition coefficient (Wildman–Crippen LogP) is 2.24. The zero-order chi connectivity index (χ0) is 13.4. The van der Waals surface area contributed by atoms with Gasteiger partial charge in [-0.1, -0.05) is 33.1 Å². The van der Waals surface area contributed by atoms with E-state index in [1.54, 1.807) is 0 Å². The molecule has 0 radical (unpaired) electrons. The smallest absolute Gasteiger partial charge is 0.0558 e. The van der Waals surface area contributed by atoms with Crippen LogP contribution in [-0.2, 0) is 0 Å². The van der Waals surface area contributed by atoms with Crippen molar-refractivity contribution in [3.05, 3.63) is 0 Å². The van der Waals surface area contributed by atoms with Crippen molar-refractivity contribution in [3.63, 3.8) is 0 Å². The molecule has 1 fully saturated rings. The average Bonchev–Trinajstić information content (AvgIpc) is 2.39. The lowest BCUT2D eigenvalue weighted by atomic mass is 9.70. The van der Waals surface area contributed by atoms with Gasteiger partial charge in [0.05, 0.1) is 6.61 Å². The normalized spacial score (nSPS) is 28.8. The Morgan fingerprint density at radius 1 is 1.28 bits per heavy atom. The molecule has 0 unspecified atom stereocenters. The molecule has 0 spiro atoms. The van der Waals surface area contributed by atoms with E-state index in [0.29, 0.717) is 5.41 Å². The molecule has 0 bridgehead atoms. The van der Waals surface area contributed by atoms with Crippen LogP contribution in [0.3, 0.4) is 0 Å². The van der Waals surface area contributed by atoms with Crippen molar-refractivity contribution in [1.29, 1.82) is 0 Å². The Bertz CT molecular complexity index is 213. The quantitative estimate of drug-likeness (QED) is 0.700. The topological polar surface area (TPSA) is 49.5 Å². The SMILES string of the molecule is CCCCN(CCO)CC1(CN)CCC(C)CC1. The lowest BCUT2D eigenvalue weighted by molar-refractivity contribution is 0.0822. The maximum atomic E-state index is 9.19. The van der Waals surface area contributed by atoms with Gasteiger partial charge < -0.3 is 15.7 Å². The van der Waals surface area contributed by atoms with Gasteiger partial charge in [-0.3, -0.25) is 0 Å². The first-order valence-corrected chi connectivity index (χ1v) is 7.69. The minimum atomic E-state index is 0.265. The number of rotatable bonds is 8. The van der Waals surface area contributed by atoms with Crippen molar-refractivity contribution in [2.45, 2.75) is 52.4 Å². The minimum absolute atomic E-state index is 0.265. The fourth-order valence-electron chi connectivity index (χ4n) is 3.07. The van der Waals surface area contributed by atoms with Crippen LogP contribution < -0.4 is 5.73 Å². The molecule has 108 valence electrons. The second-order valence-corrected chi connectivity index (χ2v) is 6.24. The van der Waals surface area contributed by atoms with E-state index in [0.717, 1.165) is 32.1 Å². The lowest BCUT2D eigenvalue weighted by Crippen LogP contribution is -2.45. The van der Waals surface area contributed by atoms with Crippen molar-refractivity contribution in [1.82, 2.24) is 4.90 Å². The highest BCUT2D eigenvalue weighted by atomic mass is 16.3. The van der Waals surface area contributed by atoms with Crippen LogP contribution in [0.1, 0.15) is 52.4 Å². The number of unbranched alkanes of at least 4 members (excludes halogenated alkanes) is 1. The summed E-state index contributed by atoms with van der Waals surface area (Å²) in [4.78, 5) is 2.42. The van der Waals surface area contributed by atoms with E-state index in [1.165, 1.54) is 38.5 Å². The van der Waals surface area contributed by atoms with Crippen LogP contribution in [0.4, 0.5) is 0 Å². The molecule has 0 atom stereocenters. The van der Waals surface area contributed by atoms with Crippen molar-refractivity contribution >= 4 is 0 Å². The van der Waals surface area contributed by atoms with Crippen molar-refractivity contribution < 1.29 is 5.11 Å². The summed E-state index contributed by atoms with van der Waals surface area (Å²) >= 11 is 0. The van der Waals surface area contributed by atoms with Crippen LogP contribution in [0.5, 0.6) is 0 Å². The van der Waals surface area contributed by atoms with Crippen LogP contribution in [0.15, 0.2) is 0 Å². The highest BCUT2D eigenvalue weighted by Gasteiger charge is 2.34. The summed E-state index contributed by atoms with van der Waals surface area (Å²) < 4.78 is 0. The van der Waals surface area contributed by atoms with Crippen LogP contribution in [-0.4, -0.2) is 42.8 Å². The third-order valence-corrected chi connectivity index (χ3v) is 4.57. The van der Waals surface area contributed by atoms with Crippen LogP contribution >= 0.6 is 0 Å². The summed E-state index contributed by atoms with van der Waals surface area (Å²) in [5, 5.41) is 9.19. The summed E-state index contributed by atoms with van der Waals surface area (Å²) in [6.07, 6.45) is 7.60. The molecule has 18 heavy (non-hydrogen) atoms. The number of nitrogens with zero attached hydrogens (tertiary/aromatic N) is 1. The number of nitrogens with two attached hydrogens (primary N) is 1. The van der Waals surface area contributed by atoms with E-state index in [-0.39, 0.29) is 6.61 Å². The minimum Gasteiger partial charge on any atom is -0.395 e. The summed E-state index contributed by atoms with van der Waals surface area (Å²) in [5.74, 6) is 0.867. The molecule has 0 amide bonds. The Morgan fingerprint density at radius 2 is 1.94 bits per heavy atom. The molecular weight excluding hydrogens is 224 g/mol. The standard InChI is InChI=1S/C15H32N2O/c1-3-4-9-17(10-11-18)13-15(12-16)7-5-14(2)6-8-15/h14,18H,3-13,16H2,1-2H3. The molecule has 0 aromatic heterocycles. The van der Waals surface area contributed by atoms with Gasteiger partial charge in [-0.25, -0.2) is 0 Å². The van der Waals surface area contributed by atoms with E-state index in [1.807, 2.05) is 0 Å². The van der Waals surface area contributed by atoms with E-state index in [9.17, 15) is 5.11 Å². The molecule has 3 nitrogen and oxygen atoms in total. The molecule has 0 aromatic rings. The number of hydrogen-bond donors (Lipinski definition) is 2.